The summed E-state index contributed by atoms with van der Waals surface area (Å²) in [5.41, 5.74) is 0. The van der Waals surface area contributed by atoms with E-state index in [1.807, 2.05) is 0 Å². The van der Waals surface area contributed by atoms with Crippen LogP contribution in [0.5, 0.6) is 0 Å². The zero-order chi connectivity index (χ0) is 6.20. The SMILES string of the molecule is C[Si]1(C)CCC[CH]1[Zn+].[I-]. The molecule has 0 nitrogen and oxygen atoms in total. The van der Waals surface area contributed by atoms with Crippen molar-refractivity contribution in [2.45, 2.75) is 36.1 Å². The van der Waals surface area contributed by atoms with Crippen molar-refractivity contribution in [2.24, 2.45) is 0 Å². The van der Waals surface area contributed by atoms with E-state index in [0.29, 0.717) is 0 Å². The summed E-state index contributed by atoms with van der Waals surface area (Å²) in [4.78, 5) is 0. The molecule has 0 aliphatic carbocycles. The van der Waals surface area contributed by atoms with Crippen LogP contribution in [0, 0.1) is 0 Å². The van der Waals surface area contributed by atoms with E-state index in [-0.39, 0.29) is 24.0 Å². The molecule has 1 aliphatic heterocycles. The Kier molecular flexibility index (Phi) is 4.48. The van der Waals surface area contributed by atoms with Gasteiger partial charge in [-0.2, -0.15) is 0 Å². The Morgan fingerprint density at radius 2 is 2.00 bits per heavy atom. The van der Waals surface area contributed by atoms with Crippen molar-refractivity contribution >= 4 is 8.07 Å². The molecule has 1 heterocycles. The average molecular weight is 306 g/mol. The maximum atomic E-state index is 2.55. The van der Waals surface area contributed by atoms with Gasteiger partial charge in [0.2, 0.25) is 0 Å². The molecule has 0 N–H and O–H groups in total. The fourth-order valence-electron chi connectivity index (χ4n) is 1.40. The summed E-state index contributed by atoms with van der Waals surface area (Å²) in [6, 6.07) is 1.61. The molecule has 0 bridgehead atoms. The molecule has 9 heavy (non-hydrogen) atoms. The summed E-state index contributed by atoms with van der Waals surface area (Å²) in [6.45, 7) is 5.10. The van der Waals surface area contributed by atoms with Gasteiger partial charge in [-0.05, 0) is 0 Å². The Bertz CT molecular complexity index is 95.1. The van der Waals surface area contributed by atoms with E-state index in [1.54, 1.807) is 37.2 Å². The number of hydrogen-bond acceptors (Lipinski definition) is 0. The summed E-state index contributed by atoms with van der Waals surface area (Å²) >= 11 is 1.57. The third-order valence-corrected chi connectivity index (χ3v) is 14.4. The van der Waals surface area contributed by atoms with Crippen LogP contribution in [0.2, 0.25) is 23.3 Å². The number of rotatable bonds is 0. The van der Waals surface area contributed by atoms with Gasteiger partial charge in [0.25, 0.3) is 0 Å². The fraction of sp³-hybridized carbons (Fsp3) is 1.00. The van der Waals surface area contributed by atoms with Gasteiger partial charge in [-0.1, -0.05) is 0 Å². The molecule has 1 aliphatic rings. The van der Waals surface area contributed by atoms with E-state index in [9.17, 15) is 0 Å². The molecule has 50 valence electrons. The summed E-state index contributed by atoms with van der Waals surface area (Å²) in [6.07, 6.45) is 3.11. The Morgan fingerprint density at radius 3 is 2.11 bits per heavy atom. The first kappa shape index (κ1) is 10.6. The Morgan fingerprint density at radius 1 is 1.44 bits per heavy atom. The van der Waals surface area contributed by atoms with Gasteiger partial charge in [-0.15, -0.1) is 0 Å². The van der Waals surface area contributed by atoms with Crippen molar-refractivity contribution in [3.8, 4) is 0 Å². The molecule has 0 radical (unpaired) electrons. The summed E-state index contributed by atoms with van der Waals surface area (Å²) < 4.78 is 1.22. The van der Waals surface area contributed by atoms with Crippen LogP contribution < -0.4 is 24.0 Å². The molecule has 0 aromatic carbocycles. The molecule has 0 aromatic rings. The second-order valence-electron chi connectivity index (χ2n) is 3.58. The molecule has 1 saturated heterocycles. The summed E-state index contributed by atoms with van der Waals surface area (Å²) in [5.74, 6) is 0. The second kappa shape index (κ2) is 3.82. The van der Waals surface area contributed by atoms with E-state index in [4.69, 9.17) is 0 Å². The topological polar surface area (TPSA) is 0 Å². The largest absolute Gasteiger partial charge is 1.00 e. The standard InChI is InChI=1S/C6H13Si.HI.Zn/c1-7(2)5-3-4-6-7;;/h5H,3-4,6H2,1-2H3;1H;/q;;+1/p-1. The van der Waals surface area contributed by atoms with Crippen LogP contribution in [0.3, 0.4) is 0 Å². The maximum absolute atomic E-state index is 2.55. The van der Waals surface area contributed by atoms with E-state index < -0.39 is 8.07 Å². The number of hydrogen-bond donors (Lipinski definition) is 0. The molecular formula is C6H13ISiZn. The van der Waals surface area contributed by atoms with Crippen molar-refractivity contribution in [2.75, 3.05) is 0 Å². The predicted molar refractivity (Wildman–Crippen MR) is 35.3 cm³/mol. The molecule has 1 atom stereocenters. The van der Waals surface area contributed by atoms with Crippen molar-refractivity contribution in [3.05, 3.63) is 0 Å². The van der Waals surface area contributed by atoms with Gasteiger partial charge in [0, 0.05) is 0 Å². The van der Waals surface area contributed by atoms with Gasteiger partial charge in [-0.25, -0.2) is 0 Å². The van der Waals surface area contributed by atoms with Gasteiger partial charge in [0.15, 0.2) is 0 Å². The van der Waals surface area contributed by atoms with Gasteiger partial charge < -0.3 is 24.0 Å². The third kappa shape index (κ3) is 2.58. The van der Waals surface area contributed by atoms with Gasteiger partial charge in [0.05, 0.1) is 0 Å². The average Bonchev–Trinajstić information content (AvgIpc) is 1.86. The fourth-order valence-corrected chi connectivity index (χ4v) is 5.80. The van der Waals surface area contributed by atoms with Gasteiger partial charge in [0.1, 0.15) is 0 Å². The van der Waals surface area contributed by atoms with Crippen LogP contribution in [0.4, 0.5) is 0 Å². The Hall–Kier alpha value is 1.57. The van der Waals surface area contributed by atoms with Crippen LogP contribution in [0.15, 0.2) is 0 Å². The first-order chi connectivity index (χ1) is 3.63. The van der Waals surface area contributed by atoms with Crippen LogP contribution >= 0.6 is 0 Å². The quantitative estimate of drug-likeness (QED) is 0.413. The Labute approximate surface area is 85.9 Å². The van der Waals surface area contributed by atoms with Crippen LogP contribution in [0.1, 0.15) is 12.8 Å². The van der Waals surface area contributed by atoms with Crippen molar-refractivity contribution in [1.82, 2.24) is 0 Å². The third-order valence-electron chi connectivity index (χ3n) is 2.48. The van der Waals surface area contributed by atoms with Gasteiger partial charge in [-0.3, -0.25) is 0 Å². The van der Waals surface area contributed by atoms with E-state index in [0.717, 1.165) is 0 Å². The minimum Gasteiger partial charge on any atom is -1.00 e. The van der Waals surface area contributed by atoms with Crippen molar-refractivity contribution in [3.63, 3.8) is 0 Å². The molecule has 1 unspecified atom stereocenters. The van der Waals surface area contributed by atoms with E-state index in [2.05, 4.69) is 13.1 Å². The molecule has 0 aromatic heterocycles. The van der Waals surface area contributed by atoms with Crippen LogP contribution in [-0.2, 0) is 18.3 Å². The molecule has 0 spiro atoms. The first-order valence-corrected chi connectivity index (χ1v) is 8.46. The maximum Gasteiger partial charge on any atom is -1.00 e. The van der Waals surface area contributed by atoms with Gasteiger partial charge >= 0.3 is 62.5 Å². The van der Waals surface area contributed by atoms with E-state index >= 15 is 0 Å². The second-order valence-corrected chi connectivity index (χ2v) is 12.7. The summed E-state index contributed by atoms with van der Waals surface area (Å²) in [5, 5.41) is 0. The molecular weight excluding hydrogens is 292 g/mol. The predicted octanol–water partition coefficient (Wildman–Crippen LogP) is -0.633. The smallest absolute Gasteiger partial charge is 1.00 e. The first-order valence-electron chi connectivity index (χ1n) is 3.46. The zero-order valence-electron chi connectivity index (χ0n) is 6.28. The molecule has 3 heteroatoms. The minimum absolute atomic E-state index is 0. The number of halogens is 1. The normalized spacial score (nSPS) is 31.8. The van der Waals surface area contributed by atoms with E-state index in [1.165, 1.54) is 4.14 Å². The monoisotopic (exact) mass is 304 g/mol. The molecule has 1 rings (SSSR count). The summed E-state index contributed by atoms with van der Waals surface area (Å²) in [7, 11) is -0.588. The van der Waals surface area contributed by atoms with Crippen molar-refractivity contribution in [1.29, 1.82) is 0 Å². The minimum atomic E-state index is -0.588. The molecule has 0 saturated carbocycles. The molecule has 1 fully saturated rings. The Balaban J connectivity index is 0.000000640. The zero-order valence-corrected chi connectivity index (χ0v) is 12.4. The van der Waals surface area contributed by atoms with Crippen LogP contribution in [-0.4, -0.2) is 8.07 Å². The van der Waals surface area contributed by atoms with Crippen molar-refractivity contribution < 1.29 is 42.3 Å². The molecule has 0 amide bonds. The van der Waals surface area contributed by atoms with Crippen LogP contribution in [0.25, 0.3) is 0 Å².